The van der Waals surface area contributed by atoms with E-state index < -0.39 is 0 Å². The Bertz CT molecular complexity index is 341. The van der Waals surface area contributed by atoms with Gasteiger partial charge in [0.2, 0.25) is 0 Å². The van der Waals surface area contributed by atoms with E-state index in [2.05, 4.69) is 19.1 Å². The molecule has 1 unspecified atom stereocenters. The second kappa shape index (κ2) is 7.70. The van der Waals surface area contributed by atoms with Crippen LogP contribution in [0.15, 0.2) is 18.2 Å². The average Bonchev–Trinajstić information content (AvgIpc) is 2.32. The highest BCUT2D eigenvalue weighted by atomic mass is 35.5. The average molecular weight is 256 g/mol. The number of nitrogens with two attached hydrogens (primary N) is 1. The van der Waals surface area contributed by atoms with E-state index >= 15 is 0 Å². The van der Waals surface area contributed by atoms with Gasteiger partial charge in [0.15, 0.2) is 0 Å². The van der Waals surface area contributed by atoms with Gasteiger partial charge in [0.25, 0.3) is 0 Å². The Labute approximate surface area is 109 Å². The van der Waals surface area contributed by atoms with E-state index in [-0.39, 0.29) is 6.61 Å². The second-order valence-electron chi connectivity index (χ2n) is 4.51. The molecular weight excluding hydrogens is 234 g/mol. The fourth-order valence-electron chi connectivity index (χ4n) is 1.97. The maximum absolute atomic E-state index is 8.97. The second-order valence-corrected chi connectivity index (χ2v) is 4.92. The molecule has 0 aliphatic carbocycles. The highest BCUT2D eigenvalue weighted by Gasteiger charge is 2.08. The Hall–Kier alpha value is -0.570. The first kappa shape index (κ1) is 14.5. The number of aliphatic hydroxyl groups is 1. The van der Waals surface area contributed by atoms with Crippen LogP contribution in [0.3, 0.4) is 0 Å². The molecule has 0 aromatic heterocycles. The van der Waals surface area contributed by atoms with Crippen molar-refractivity contribution < 1.29 is 5.11 Å². The van der Waals surface area contributed by atoms with Crippen molar-refractivity contribution in [2.24, 2.45) is 5.73 Å². The van der Waals surface area contributed by atoms with Crippen molar-refractivity contribution in [3.05, 3.63) is 34.3 Å². The van der Waals surface area contributed by atoms with Crippen LogP contribution in [-0.4, -0.2) is 18.3 Å². The summed E-state index contributed by atoms with van der Waals surface area (Å²) in [6.45, 7) is 3.14. The molecule has 0 bridgehead atoms. The molecule has 2 nitrogen and oxygen atoms in total. The third kappa shape index (κ3) is 4.66. The highest BCUT2D eigenvalue weighted by Crippen LogP contribution is 2.26. The normalized spacial score (nSPS) is 12.7. The van der Waals surface area contributed by atoms with Gasteiger partial charge in [-0.1, -0.05) is 37.1 Å². The van der Waals surface area contributed by atoms with Crippen LogP contribution >= 0.6 is 11.6 Å². The Morgan fingerprint density at radius 2 is 2.12 bits per heavy atom. The summed E-state index contributed by atoms with van der Waals surface area (Å²) in [6, 6.07) is 6.13. The Balaban J connectivity index is 2.66. The minimum atomic E-state index is 0.144. The lowest BCUT2D eigenvalue weighted by atomic mass is 9.93. The van der Waals surface area contributed by atoms with Crippen LogP contribution in [0, 0.1) is 0 Å². The first-order chi connectivity index (χ1) is 8.19. The van der Waals surface area contributed by atoms with Crippen LogP contribution in [0.25, 0.3) is 0 Å². The molecule has 0 aliphatic heterocycles. The van der Waals surface area contributed by atoms with E-state index in [1.807, 2.05) is 6.07 Å². The maximum atomic E-state index is 8.97. The molecule has 1 aromatic rings. The van der Waals surface area contributed by atoms with Gasteiger partial charge in [0.05, 0.1) is 0 Å². The van der Waals surface area contributed by atoms with Crippen LogP contribution < -0.4 is 5.73 Å². The summed E-state index contributed by atoms with van der Waals surface area (Å²) in [6.07, 6.45) is 4.02. The Morgan fingerprint density at radius 3 is 2.76 bits per heavy atom. The molecule has 3 N–H and O–H groups in total. The molecule has 1 aromatic carbocycles. The predicted octanol–water partition coefficient (Wildman–Crippen LogP) is 3.11. The Kier molecular flexibility index (Phi) is 6.56. The summed E-state index contributed by atoms with van der Waals surface area (Å²) in [5.74, 6) is 0.524. The molecule has 1 rings (SSSR count). The van der Waals surface area contributed by atoms with Gasteiger partial charge >= 0.3 is 0 Å². The molecule has 0 fully saturated rings. The molecule has 96 valence electrons. The van der Waals surface area contributed by atoms with E-state index in [1.165, 1.54) is 5.56 Å². The quantitative estimate of drug-likeness (QED) is 0.736. The van der Waals surface area contributed by atoms with Gasteiger partial charge in [-0.15, -0.1) is 0 Å². The zero-order chi connectivity index (χ0) is 12.7. The SMILES string of the molecule is CC(CCCCN)c1ccc(Cl)c(CCO)c1. The molecule has 3 heteroatoms. The lowest BCUT2D eigenvalue weighted by Crippen LogP contribution is -2.01. The van der Waals surface area contributed by atoms with E-state index in [4.69, 9.17) is 22.4 Å². The van der Waals surface area contributed by atoms with Crippen molar-refractivity contribution in [2.45, 2.75) is 38.5 Å². The zero-order valence-corrected chi connectivity index (χ0v) is 11.2. The number of aliphatic hydroxyl groups excluding tert-OH is 1. The van der Waals surface area contributed by atoms with Gasteiger partial charge < -0.3 is 10.8 Å². The number of rotatable bonds is 7. The molecule has 0 heterocycles. The lowest BCUT2D eigenvalue weighted by Gasteiger charge is -2.13. The molecule has 0 amide bonds. The molecule has 17 heavy (non-hydrogen) atoms. The third-order valence-corrected chi connectivity index (χ3v) is 3.48. The van der Waals surface area contributed by atoms with E-state index in [9.17, 15) is 0 Å². The van der Waals surface area contributed by atoms with Crippen LogP contribution in [0.2, 0.25) is 5.02 Å². The van der Waals surface area contributed by atoms with Gasteiger partial charge in [-0.25, -0.2) is 0 Å². The largest absolute Gasteiger partial charge is 0.396 e. The standard InChI is InChI=1S/C14H22ClNO/c1-11(4-2-3-8-16)12-5-6-14(15)13(10-12)7-9-17/h5-6,10-11,17H,2-4,7-9,16H2,1H3. The van der Waals surface area contributed by atoms with Crippen molar-refractivity contribution >= 4 is 11.6 Å². The molecule has 0 radical (unpaired) electrons. The number of hydrogen-bond acceptors (Lipinski definition) is 2. The van der Waals surface area contributed by atoms with Gasteiger partial charge in [-0.3, -0.25) is 0 Å². The fourth-order valence-corrected chi connectivity index (χ4v) is 2.19. The van der Waals surface area contributed by atoms with Crippen molar-refractivity contribution in [3.8, 4) is 0 Å². The number of hydrogen-bond donors (Lipinski definition) is 2. The van der Waals surface area contributed by atoms with Crippen molar-refractivity contribution in [1.82, 2.24) is 0 Å². The van der Waals surface area contributed by atoms with Crippen LogP contribution in [0.1, 0.15) is 43.2 Å². The van der Waals surface area contributed by atoms with E-state index in [0.717, 1.165) is 36.4 Å². The van der Waals surface area contributed by atoms with Crippen molar-refractivity contribution in [1.29, 1.82) is 0 Å². The van der Waals surface area contributed by atoms with Gasteiger partial charge in [0, 0.05) is 11.6 Å². The van der Waals surface area contributed by atoms with Crippen LogP contribution in [0.4, 0.5) is 0 Å². The minimum absolute atomic E-state index is 0.144. The summed E-state index contributed by atoms with van der Waals surface area (Å²) in [5, 5.41) is 9.72. The Morgan fingerprint density at radius 1 is 1.35 bits per heavy atom. The van der Waals surface area contributed by atoms with Gasteiger partial charge in [-0.2, -0.15) is 0 Å². The summed E-state index contributed by atoms with van der Waals surface area (Å²) < 4.78 is 0. The first-order valence-electron chi connectivity index (χ1n) is 6.28. The summed E-state index contributed by atoms with van der Waals surface area (Å²) in [4.78, 5) is 0. The summed E-state index contributed by atoms with van der Waals surface area (Å²) in [7, 11) is 0. The topological polar surface area (TPSA) is 46.2 Å². The van der Waals surface area contributed by atoms with Crippen molar-refractivity contribution in [3.63, 3.8) is 0 Å². The molecule has 1 atom stereocenters. The summed E-state index contributed by atoms with van der Waals surface area (Å²) in [5.41, 5.74) is 7.83. The number of halogens is 1. The molecule has 0 saturated heterocycles. The highest BCUT2D eigenvalue weighted by molar-refractivity contribution is 6.31. The maximum Gasteiger partial charge on any atom is 0.0471 e. The smallest absolute Gasteiger partial charge is 0.0471 e. The molecule has 0 spiro atoms. The number of benzene rings is 1. The zero-order valence-electron chi connectivity index (χ0n) is 10.5. The molecule has 0 aliphatic rings. The van der Waals surface area contributed by atoms with Gasteiger partial charge in [0.1, 0.15) is 0 Å². The number of unbranched alkanes of at least 4 members (excludes halogenated alkanes) is 1. The fraction of sp³-hybridized carbons (Fsp3) is 0.571. The lowest BCUT2D eigenvalue weighted by molar-refractivity contribution is 0.299. The first-order valence-corrected chi connectivity index (χ1v) is 6.66. The molecular formula is C14H22ClNO. The van der Waals surface area contributed by atoms with E-state index in [0.29, 0.717) is 12.3 Å². The minimum Gasteiger partial charge on any atom is -0.396 e. The third-order valence-electron chi connectivity index (χ3n) is 3.11. The predicted molar refractivity (Wildman–Crippen MR) is 73.6 cm³/mol. The van der Waals surface area contributed by atoms with Crippen LogP contribution in [0.5, 0.6) is 0 Å². The van der Waals surface area contributed by atoms with Gasteiger partial charge in [-0.05, 0) is 48.9 Å². The summed E-state index contributed by atoms with van der Waals surface area (Å²) >= 11 is 6.08. The van der Waals surface area contributed by atoms with E-state index in [1.54, 1.807) is 0 Å². The van der Waals surface area contributed by atoms with Crippen LogP contribution in [-0.2, 0) is 6.42 Å². The molecule has 0 saturated carbocycles. The monoisotopic (exact) mass is 255 g/mol. The van der Waals surface area contributed by atoms with Crippen molar-refractivity contribution in [2.75, 3.05) is 13.2 Å².